The Labute approximate surface area is 125 Å². The lowest BCUT2D eigenvalue weighted by molar-refractivity contribution is -0.143. The lowest BCUT2D eigenvalue weighted by atomic mass is 10.1. The fourth-order valence-corrected chi connectivity index (χ4v) is 1.47. The van der Waals surface area contributed by atoms with Gasteiger partial charge in [-0.15, -0.1) is 0 Å². The highest BCUT2D eigenvalue weighted by Crippen LogP contribution is 2.08. The van der Waals surface area contributed by atoms with Gasteiger partial charge in [-0.25, -0.2) is 9.59 Å². The van der Waals surface area contributed by atoms with Gasteiger partial charge in [0.05, 0.1) is 7.11 Å². The molecule has 0 saturated heterocycles. The van der Waals surface area contributed by atoms with E-state index in [-0.39, 0.29) is 18.7 Å². The molecule has 0 aromatic heterocycles. The molecule has 7 nitrogen and oxygen atoms in total. The largest absolute Gasteiger partial charge is 0.467 e. The molecule has 0 aromatic carbocycles. The Balaban J connectivity index is 4.43. The van der Waals surface area contributed by atoms with Crippen LogP contribution in [0.4, 0.5) is 4.79 Å². The standard InChI is InChI=1S/C14H26N2O5/c1-6-9-15-11(17)8-7-10(12(18)20-5)16-13(19)21-14(2,3)4/h10H,6-9H2,1-5H3,(H,15,17)(H,16,19). The van der Waals surface area contributed by atoms with Gasteiger partial charge in [0, 0.05) is 13.0 Å². The lowest BCUT2D eigenvalue weighted by Gasteiger charge is -2.22. The first-order valence-electron chi connectivity index (χ1n) is 7.03. The van der Waals surface area contributed by atoms with Crippen LogP contribution in [0.3, 0.4) is 0 Å². The van der Waals surface area contributed by atoms with E-state index in [9.17, 15) is 14.4 Å². The minimum Gasteiger partial charge on any atom is -0.467 e. The third kappa shape index (κ3) is 9.70. The maximum Gasteiger partial charge on any atom is 0.408 e. The average molecular weight is 302 g/mol. The van der Waals surface area contributed by atoms with Gasteiger partial charge in [0.2, 0.25) is 5.91 Å². The summed E-state index contributed by atoms with van der Waals surface area (Å²) >= 11 is 0. The van der Waals surface area contributed by atoms with Gasteiger partial charge >= 0.3 is 12.1 Å². The quantitative estimate of drug-likeness (QED) is 0.693. The molecule has 0 spiro atoms. The molecule has 0 rings (SSSR count). The van der Waals surface area contributed by atoms with Crippen molar-refractivity contribution < 1.29 is 23.9 Å². The second kappa shape index (κ2) is 9.20. The van der Waals surface area contributed by atoms with Crippen molar-refractivity contribution in [3.8, 4) is 0 Å². The zero-order chi connectivity index (χ0) is 16.5. The molecule has 0 bridgehead atoms. The number of nitrogens with one attached hydrogen (secondary N) is 2. The molecular weight excluding hydrogens is 276 g/mol. The molecule has 2 amide bonds. The molecule has 2 N–H and O–H groups in total. The second-order valence-corrected chi connectivity index (χ2v) is 5.61. The molecule has 122 valence electrons. The highest BCUT2D eigenvalue weighted by Gasteiger charge is 2.25. The van der Waals surface area contributed by atoms with E-state index >= 15 is 0 Å². The van der Waals surface area contributed by atoms with Gasteiger partial charge < -0.3 is 20.1 Å². The van der Waals surface area contributed by atoms with Crippen LogP contribution in [-0.2, 0) is 19.1 Å². The van der Waals surface area contributed by atoms with Gasteiger partial charge in [-0.2, -0.15) is 0 Å². The number of esters is 1. The minimum absolute atomic E-state index is 0.121. The monoisotopic (exact) mass is 302 g/mol. The number of rotatable bonds is 7. The number of alkyl carbamates (subject to hydrolysis) is 1. The molecule has 0 aliphatic rings. The number of carbonyl (C=O) groups is 3. The zero-order valence-electron chi connectivity index (χ0n) is 13.4. The van der Waals surface area contributed by atoms with Gasteiger partial charge in [0.25, 0.3) is 0 Å². The minimum atomic E-state index is -0.905. The Morgan fingerprint density at radius 2 is 1.81 bits per heavy atom. The van der Waals surface area contributed by atoms with E-state index in [0.717, 1.165) is 6.42 Å². The SMILES string of the molecule is CCCNC(=O)CCC(NC(=O)OC(C)(C)C)C(=O)OC. The van der Waals surface area contributed by atoms with Crippen LogP contribution in [-0.4, -0.2) is 43.3 Å². The summed E-state index contributed by atoms with van der Waals surface area (Å²) in [6.07, 6.45) is 0.395. The molecule has 0 aromatic rings. The van der Waals surface area contributed by atoms with Crippen molar-refractivity contribution in [2.75, 3.05) is 13.7 Å². The molecule has 0 heterocycles. The van der Waals surface area contributed by atoms with Crippen molar-refractivity contribution in [1.29, 1.82) is 0 Å². The first kappa shape index (κ1) is 19.2. The van der Waals surface area contributed by atoms with Crippen LogP contribution >= 0.6 is 0 Å². The Kier molecular flexibility index (Phi) is 8.42. The molecule has 7 heteroatoms. The average Bonchev–Trinajstić information content (AvgIpc) is 2.37. The van der Waals surface area contributed by atoms with E-state index in [4.69, 9.17) is 4.74 Å². The lowest BCUT2D eigenvalue weighted by Crippen LogP contribution is -2.44. The molecule has 0 aliphatic heterocycles. The summed E-state index contributed by atoms with van der Waals surface area (Å²) in [6.45, 7) is 7.69. The number of hydrogen-bond acceptors (Lipinski definition) is 5. The smallest absolute Gasteiger partial charge is 0.408 e. The number of methoxy groups -OCH3 is 1. The molecule has 1 atom stereocenters. The van der Waals surface area contributed by atoms with Crippen molar-refractivity contribution >= 4 is 18.0 Å². The summed E-state index contributed by atoms with van der Waals surface area (Å²) in [5, 5.41) is 5.12. The molecule has 1 unspecified atom stereocenters. The zero-order valence-corrected chi connectivity index (χ0v) is 13.4. The molecular formula is C14H26N2O5. The van der Waals surface area contributed by atoms with Gasteiger partial charge in [-0.05, 0) is 33.6 Å². The van der Waals surface area contributed by atoms with Crippen molar-refractivity contribution in [3.63, 3.8) is 0 Å². The van der Waals surface area contributed by atoms with Gasteiger partial charge in [0.15, 0.2) is 0 Å². The fraction of sp³-hybridized carbons (Fsp3) is 0.786. The third-order valence-electron chi connectivity index (χ3n) is 2.41. The Bertz CT molecular complexity index is 363. The molecule has 21 heavy (non-hydrogen) atoms. The summed E-state index contributed by atoms with van der Waals surface area (Å²) < 4.78 is 9.69. The van der Waals surface area contributed by atoms with Crippen LogP contribution < -0.4 is 10.6 Å². The first-order valence-corrected chi connectivity index (χ1v) is 7.03. The topological polar surface area (TPSA) is 93.7 Å². The number of carbonyl (C=O) groups excluding carboxylic acids is 3. The number of ether oxygens (including phenoxy) is 2. The fourth-order valence-electron chi connectivity index (χ4n) is 1.47. The van der Waals surface area contributed by atoms with E-state index in [0.29, 0.717) is 6.54 Å². The maximum atomic E-state index is 11.7. The molecule has 0 radical (unpaired) electrons. The predicted molar refractivity (Wildman–Crippen MR) is 77.7 cm³/mol. The Morgan fingerprint density at radius 3 is 2.29 bits per heavy atom. The highest BCUT2D eigenvalue weighted by atomic mass is 16.6. The number of hydrogen-bond donors (Lipinski definition) is 2. The summed E-state index contributed by atoms with van der Waals surface area (Å²) in [5.41, 5.74) is -0.663. The van der Waals surface area contributed by atoms with E-state index in [1.165, 1.54) is 7.11 Å². The van der Waals surface area contributed by atoms with Crippen LogP contribution in [0.15, 0.2) is 0 Å². The normalized spacial score (nSPS) is 12.2. The summed E-state index contributed by atoms with van der Waals surface area (Å²) in [6, 6.07) is -0.905. The summed E-state index contributed by atoms with van der Waals surface area (Å²) in [5.74, 6) is -0.777. The first-order chi connectivity index (χ1) is 9.69. The summed E-state index contributed by atoms with van der Waals surface area (Å²) in [4.78, 5) is 34.8. The van der Waals surface area contributed by atoms with E-state index in [1.807, 2.05) is 6.92 Å². The number of amides is 2. The van der Waals surface area contributed by atoms with Crippen LogP contribution in [0.2, 0.25) is 0 Å². The third-order valence-corrected chi connectivity index (χ3v) is 2.41. The van der Waals surface area contributed by atoms with E-state index in [2.05, 4.69) is 15.4 Å². The molecule has 0 saturated carbocycles. The second-order valence-electron chi connectivity index (χ2n) is 5.61. The van der Waals surface area contributed by atoms with E-state index < -0.39 is 23.7 Å². The van der Waals surface area contributed by atoms with Crippen molar-refractivity contribution in [2.45, 2.75) is 58.6 Å². The highest BCUT2D eigenvalue weighted by molar-refractivity contribution is 5.82. The maximum absolute atomic E-state index is 11.7. The molecule has 0 aliphatic carbocycles. The van der Waals surface area contributed by atoms with Crippen LogP contribution in [0.25, 0.3) is 0 Å². The Morgan fingerprint density at radius 1 is 1.19 bits per heavy atom. The van der Waals surface area contributed by atoms with Crippen LogP contribution in [0, 0.1) is 0 Å². The van der Waals surface area contributed by atoms with E-state index in [1.54, 1.807) is 20.8 Å². The Hall–Kier alpha value is -1.79. The molecule has 0 fully saturated rings. The summed E-state index contributed by atoms with van der Waals surface area (Å²) in [7, 11) is 1.23. The van der Waals surface area contributed by atoms with Crippen LogP contribution in [0.1, 0.15) is 47.0 Å². The van der Waals surface area contributed by atoms with Crippen molar-refractivity contribution in [3.05, 3.63) is 0 Å². The van der Waals surface area contributed by atoms with Gasteiger partial charge in [-0.1, -0.05) is 6.92 Å². The van der Waals surface area contributed by atoms with Gasteiger partial charge in [-0.3, -0.25) is 4.79 Å². The van der Waals surface area contributed by atoms with Gasteiger partial charge in [0.1, 0.15) is 11.6 Å². The van der Waals surface area contributed by atoms with Crippen molar-refractivity contribution in [1.82, 2.24) is 10.6 Å². The predicted octanol–water partition coefficient (Wildman–Crippen LogP) is 1.36. The van der Waals surface area contributed by atoms with Crippen molar-refractivity contribution in [2.24, 2.45) is 0 Å². The van der Waals surface area contributed by atoms with Crippen LogP contribution in [0.5, 0.6) is 0 Å².